The van der Waals surface area contributed by atoms with E-state index in [1.54, 1.807) is 0 Å². The largest absolute Gasteiger partial charge is 0.353 e. The second-order valence-corrected chi connectivity index (χ2v) is 2.39. The minimum Gasteiger partial charge on any atom is -0.353 e. The summed E-state index contributed by atoms with van der Waals surface area (Å²) in [6.45, 7) is 6.84. The summed E-state index contributed by atoms with van der Waals surface area (Å²) < 4.78 is 10.4. The maximum absolute atomic E-state index is 5.26. The molecule has 0 aliphatic rings. The first-order valence-corrected chi connectivity index (χ1v) is 4.07. The molecule has 0 radical (unpaired) electrons. The lowest BCUT2D eigenvalue weighted by Gasteiger charge is -2.10. The van der Waals surface area contributed by atoms with Gasteiger partial charge in [-0.2, -0.15) is 0 Å². The summed E-state index contributed by atoms with van der Waals surface area (Å²) in [7, 11) is 0. The molecule has 0 fully saturated rings. The van der Waals surface area contributed by atoms with Crippen LogP contribution in [0.2, 0.25) is 0 Å². The minimum atomic E-state index is -0.156. The molecule has 2 heteroatoms. The fraction of sp³-hybridized carbons (Fsp3) is 0.600. The Balaban J connectivity index is 3.50. The van der Waals surface area contributed by atoms with Gasteiger partial charge in [-0.1, -0.05) is 5.92 Å². The van der Waals surface area contributed by atoms with Gasteiger partial charge in [0, 0.05) is 6.61 Å². The van der Waals surface area contributed by atoms with Gasteiger partial charge in [0.2, 0.25) is 0 Å². The van der Waals surface area contributed by atoms with E-state index in [2.05, 4.69) is 5.92 Å². The standard InChI is InChI=1S/C10H16O2/c1-5-9(3)7-8-12-10(4)11-6-2/h1,7,10H,6,8H2,2-4H3/b9-7+/t10-/m1/s1. The molecule has 68 valence electrons. The van der Waals surface area contributed by atoms with Crippen molar-refractivity contribution in [2.24, 2.45) is 0 Å². The number of hydrogen-bond acceptors (Lipinski definition) is 2. The fourth-order valence-corrected chi connectivity index (χ4v) is 0.650. The molecule has 2 nitrogen and oxygen atoms in total. The zero-order valence-electron chi connectivity index (χ0n) is 7.96. The summed E-state index contributed by atoms with van der Waals surface area (Å²) in [6.07, 6.45) is 6.84. The maximum Gasteiger partial charge on any atom is 0.155 e. The number of ether oxygens (including phenoxy) is 2. The highest BCUT2D eigenvalue weighted by Gasteiger charge is 1.97. The molecule has 0 heterocycles. The highest BCUT2D eigenvalue weighted by Crippen LogP contribution is 1.95. The Morgan fingerprint density at radius 2 is 2.25 bits per heavy atom. The molecule has 0 aliphatic carbocycles. The van der Waals surface area contributed by atoms with Crippen molar-refractivity contribution < 1.29 is 9.47 Å². The van der Waals surface area contributed by atoms with Crippen LogP contribution in [0.25, 0.3) is 0 Å². The van der Waals surface area contributed by atoms with Crippen molar-refractivity contribution in [1.82, 2.24) is 0 Å². The Hall–Kier alpha value is -0.780. The van der Waals surface area contributed by atoms with Gasteiger partial charge in [-0.3, -0.25) is 0 Å². The van der Waals surface area contributed by atoms with Gasteiger partial charge in [-0.25, -0.2) is 0 Å². The first-order chi connectivity index (χ1) is 5.70. The highest BCUT2D eigenvalue weighted by atomic mass is 16.7. The van der Waals surface area contributed by atoms with Crippen LogP contribution < -0.4 is 0 Å². The second kappa shape index (κ2) is 6.90. The lowest BCUT2D eigenvalue weighted by molar-refractivity contribution is -0.118. The van der Waals surface area contributed by atoms with Gasteiger partial charge in [-0.15, -0.1) is 6.42 Å². The lowest BCUT2D eigenvalue weighted by Crippen LogP contribution is -2.12. The monoisotopic (exact) mass is 168 g/mol. The van der Waals surface area contributed by atoms with E-state index >= 15 is 0 Å². The molecule has 0 saturated heterocycles. The first kappa shape index (κ1) is 11.2. The molecule has 0 aromatic heterocycles. The average molecular weight is 168 g/mol. The molecule has 0 aliphatic heterocycles. The molecular weight excluding hydrogens is 152 g/mol. The Morgan fingerprint density at radius 1 is 1.58 bits per heavy atom. The summed E-state index contributed by atoms with van der Waals surface area (Å²) in [5, 5.41) is 0. The van der Waals surface area contributed by atoms with E-state index in [0.717, 1.165) is 5.57 Å². The number of terminal acetylenes is 1. The van der Waals surface area contributed by atoms with Crippen molar-refractivity contribution in [2.45, 2.75) is 27.1 Å². The zero-order chi connectivity index (χ0) is 9.40. The van der Waals surface area contributed by atoms with Gasteiger partial charge < -0.3 is 9.47 Å². The van der Waals surface area contributed by atoms with Crippen molar-refractivity contribution in [3.05, 3.63) is 11.6 Å². The van der Waals surface area contributed by atoms with Crippen molar-refractivity contribution in [3.8, 4) is 12.3 Å². The van der Waals surface area contributed by atoms with Crippen LogP contribution in [0.1, 0.15) is 20.8 Å². The minimum absolute atomic E-state index is 0.156. The van der Waals surface area contributed by atoms with Gasteiger partial charge in [0.1, 0.15) is 0 Å². The molecule has 0 aromatic carbocycles. The van der Waals surface area contributed by atoms with Gasteiger partial charge >= 0.3 is 0 Å². The van der Waals surface area contributed by atoms with E-state index in [1.165, 1.54) is 0 Å². The molecule has 0 amide bonds. The Labute approximate surface area is 74.6 Å². The van der Waals surface area contributed by atoms with Crippen molar-refractivity contribution >= 4 is 0 Å². The summed E-state index contributed by atoms with van der Waals surface area (Å²) in [4.78, 5) is 0. The number of hydrogen-bond donors (Lipinski definition) is 0. The van der Waals surface area contributed by atoms with Gasteiger partial charge in [0.05, 0.1) is 6.61 Å². The van der Waals surface area contributed by atoms with Gasteiger partial charge in [0.25, 0.3) is 0 Å². The van der Waals surface area contributed by atoms with E-state index in [4.69, 9.17) is 15.9 Å². The molecule has 0 N–H and O–H groups in total. The highest BCUT2D eigenvalue weighted by molar-refractivity contribution is 5.22. The van der Waals surface area contributed by atoms with Crippen molar-refractivity contribution in [1.29, 1.82) is 0 Å². The lowest BCUT2D eigenvalue weighted by atomic mass is 10.3. The fourth-order valence-electron chi connectivity index (χ4n) is 0.650. The topological polar surface area (TPSA) is 18.5 Å². The Morgan fingerprint density at radius 3 is 2.75 bits per heavy atom. The first-order valence-electron chi connectivity index (χ1n) is 4.07. The predicted octanol–water partition coefficient (Wildman–Crippen LogP) is 1.97. The smallest absolute Gasteiger partial charge is 0.155 e. The van der Waals surface area contributed by atoms with Crippen LogP contribution in [0.4, 0.5) is 0 Å². The third-order valence-corrected chi connectivity index (χ3v) is 1.35. The molecule has 0 spiro atoms. The third-order valence-electron chi connectivity index (χ3n) is 1.35. The molecule has 0 saturated carbocycles. The predicted molar refractivity (Wildman–Crippen MR) is 49.6 cm³/mol. The van der Waals surface area contributed by atoms with Crippen LogP contribution in [0.3, 0.4) is 0 Å². The quantitative estimate of drug-likeness (QED) is 0.461. The molecule has 0 unspecified atom stereocenters. The molecule has 0 rings (SSSR count). The van der Waals surface area contributed by atoms with Crippen LogP contribution in [-0.2, 0) is 9.47 Å². The van der Waals surface area contributed by atoms with Crippen LogP contribution in [0, 0.1) is 12.3 Å². The molecule has 12 heavy (non-hydrogen) atoms. The molecule has 0 bridgehead atoms. The van der Waals surface area contributed by atoms with Gasteiger partial charge in [0.15, 0.2) is 6.29 Å². The van der Waals surface area contributed by atoms with E-state index in [-0.39, 0.29) is 6.29 Å². The summed E-state index contributed by atoms with van der Waals surface area (Å²) in [6, 6.07) is 0. The maximum atomic E-state index is 5.26. The zero-order valence-corrected chi connectivity index (χ0v) is 7.96. The average Bonchev–Trinajstić information content (AvgIpc) is 2.04. The van der Waals surface area contributed by atoms with Gasteiger partial charge in [-0.05, 0) is 32.4 Å². The Bertz CT molecular complexity index is 177. The van der Waals surface area contributed by atoms with Crippen LogP contribution >= 0.6 is 0 Å². The molecular formula is C10H16O2. The van der Waals surface area contributed by atoms with Crippen LogP contribution in [-0.4, -0.2) is 19.5 Å². The normalized spacial score (nSPS) is 14.0. The van der Waals surface area contributed by atoms with Crippen molar-refractivity contribution in [3.63, 3.8) is 0 Å². The molecule has 1 atom stereocenters. The van der Waals surface area contributed by atoms with E-state index in [9.17, 15) is 0 Å². The SMILES string of the molecule is C#C/C(C)=C/CO[C@H](C)OCC. The number of rotatable bonds is 5. The van der Waals surface area contributed by atoms with Crippen molar-refractivity contribution in [2.75, 3.05) is 13.2 Å². The van der Waals surface area contributed by atoms with Crippen LogP contribution in [0.5, 0.6) is 0 Å². The number of allylic oxidation sites excluding steroid dienone is 1. The molecule has 0 aromatic rings. The van der Waals surface area contributed by atoms with E-state index in [0.29, 0.717) is 13.2 Å². The summed E-state index contributed by atoms with van der Waals surface area (Å²) in [5.41, 5.74) is 0.888. The second-order valence-electron chi connectivity index (χ2n) is 2.39. The Kier molecular flexibility index (Phi) is 6.45. The van der Waals surface area contributed by atoms with E-state index < -0.39 is 0 Å². The summed E-state index contributed by atoms with van der Waals surface area (Å²) in [5.74, 6) is 2.51. The third kappa shape index (κ3) is 5.96. The summed E-state index contributed by atoms with van der Waals surface area (Å²) >= 11 is 0. The van der Waals surface area contributed by atoms with E-state index in [1.807, 2.05) is 26.8 Å². The van der Waals surface area contributed by atoms with Crippen LogP contribution in [0.15, 0.2) is 11.6 Å².